The van der Waals surface area contributed by atoms with Crippen LogP contribution < -0.4 is 0 Å². The fourth-order valence-electron chi connectivity index (χ4n) is 0.910. The Hall–Kier alpha value is -1.14. The monoisotopic (exact) mass is 162 g/mol. The third-order valence-electron chi connectivity index (χ3n) is 1.41. The summed E-state index contributed by atoms with van der Waals surface area (Å²) in [5.74, 6) is 2.01. The number of para-hydroxylation sites is 1. The number of aromatic nitrogens is 2. The molecule has 1 aromatic carbocycles. The normalized spacial score (nSPS) is 10.5. The Kier molecular flexibility index (Phi) is 1.70. The van der Waals surface area contributed by atoms with Crippen LogP contribution in [0.3, 0.4) is 0 Å². The van der Waals surface area contributed by atoms with Gasteiger partial charge in [-0.3, -0.25) is 0 Å². The summed E-state index contributed by atoms with van der Waals surface area (Å²) in [5, 5.41) is 4.15. The van der Waals surface area contributed by atoms with E-state index in [0.717, 1.165) is 14.0 Å². The maximum Gasteiger partial charge on any atom is 0.0691 e. The molecule has 0 spiro atoms. The van der Waals surface area contributed by atoms with E-state index in [4.69, 9.17) is 0 Å². The van der Waals surface area contributed by atoms with Gasteiger partial charge in [-0.05, 0) is 12.1 Å². The smallest absolute Gasteiger partial charge is 0.0691 e. The lowest BCUT2D eigenvalue weighted by Crippen LogP contribution is -1.88. The summed E-state index contributed by atoms with van der Waals surface area (Å²) in [5.41, 5.74) is 1.14. The zero-order chi connectivity index (χ0) is 7.52. The molecule has 2 aromatic rings. The molecule has 0 bridgehead atoms. The van der Waals surface area contributed by atoms with Crippen LogP contribution in [0.15, 0.2) is 42.3 Å². The number of benzene rings is 1. The van der Waals surface area contributed by atoms with Crippen molar-refractivity contribution in [1.29, 1.82) is 0 Å². The van der Waals surface area contributed by atoms with Gasteiger partial charge in [0.15, 0.2) is 0 Å². The van der Waals surface area contributed by atoms with E-state index in [1.165, 1.54) is 0 Å². The molecule has 0 fully saturated rings. The molecule has 0 aliphatic rings. The molecule has 0 N–H and O–H groups in total. The van der Waals surface area contributed by atoms with E-state index in [0.29, 0.717) is 0 Å². The van der Waals surface area contributed by atoms with Crippen molar-refractivity contribution in [1.82, 2.24) is 9.54 Å². The fraction of sp³-hybridized carbons (Fsp3) is 0. The molecular formula is C8H7N2P. The van der Waals surface area contributed by atoms with E-state index in [1.54, 1.807) is 0 Å². The van der Waals surface area contributed by atoms with Gasteiger partial charge in [0.2, 0.25) is 0 Å². The molecule has 1 aromatic heterocycles. The first-order valence-electron chi connectivity index (χ1n) is 3.38. The summed E-state index contributed by atoms with van der Waals surface area (Å²) in [6.07, 6.45) is 1.81. The van der Waals surface area contributed by atoms with E-state index >= 15 is 0 Å². The maximum atomic E-state index is 4.15. The average Bonchev–Trinajstić information content (AvgIpc) is 2.58. The molecule has 1 heterocycles. The molecule has 54 valence electrons. The quantitative estimate of drug-likeness (QED) is 0.629. The van der Waals surface area contributed by atoms with E-state index in [1.807, 2.05) is 46.8 Å². The Morgan fingerprint density at radius 3 is 2.64 bits per heavy atom. The van der Waals surface area contributed by atoms with Crippen LogP contribution in [0.5, 0.6) is 0 Å². The van der Waals surface area contributed by atoms with Crippen molar-refractivity contribution in [3.63, 3.8) is 0 Å². The Morgan fingerprint density at radius 2 is 2.00 bits per heavy atom. The Morgan fingerprint density at radius 1 is 1.18 bits per heavy atom. The van der Waals surface area contributed by atoms with Gasteiger partial charge < -0.3 is 0 Å². The van der Waals surface area contributed by atoms with Crippen molar-refractivity contribution >= 4 is 8.35 Å². The minimum atomic E-state index is 1.12. The van der Waals surface area contributed by atoms with Gasteiger partial charge in [0, 0.05) is 14.1 Å². The largest absolute Gasteiger partial charge is 0.216 e. The van der Waals surface area contributed by atoms with E-state index in [2.05, 4.69) is 5.10 Å². The van der Waals surface area contributed by atoms with Crippen molar-refractivity contribution in [3.05, 3.63) is 42.3 Å². The zero-order valence-corrected chi connectivity index (χ0v) is 6.78. The van der Waals surface area contributed by atoms with Gasteiger partial charge in [0.1, 0.15) is 0 Å². The average molecular weight is 162 g/mol. The van der Waals surface area contributed by atoms with E-state index in [-0.39, 0.29) is 0 Å². The molecule has 3 heteroatoms. The molecule has 0 atom stereocenters. The summed E-state index contributed by atoms with van der Waals surface area (Å²) in [4.78, 5) is 0. The van der Waals surface area contributed by atoms with Gasteiger partial charge in [0.05, 0.1) is 11.9 Å². The lowest BCUT2D eigenvalue weighted by Gasteiger charge is -1.96. The Labute approximate surface area is 66.7 Å². The summed E-state index contributed by atoms with van der Waals surface area (Å²) >= 11 is 0. The molecule has 2 rings (SSSR count). The van der Waals surface area contributed by atoms with Crippen LogP contribution in [0.4, 0.5) is 0 Å². The number of nitrogens with zero attached hydrogens (tertiary/aromatic N) is 2. The third kappa shape index (κ3) is 1.31. The highest BCUT2D eigenvalue weighted by atomic mass is 31.0. The van der Waals surface area contributed by atoms with Crippen molar-refractivity contribution < 1.29 is 0 Å². The van der Waals surface area contributed by atoms with E-state index < -0.39 is 0 Å². The lowest BCUT2D eigenvalue weighted by atomic mass is 10.3. The molecule has 11 heavy (non-hydrogen) atoms. The van der Waals surface area contributed by atoms with Gasteiger partial charge in [-0.2, -0.15) is 5.10 Å². The molecule has 0 unspecified atom stereocenters. The minimum absolute atomic E-state index is 1.12. The standard InChI is InChI=1S/C8H7N2P/c1-2-4-8(5-3-1)10-9-6-7-11-10/h1-7H. The highest BCUT2D eigenvalue weighted by molar-refractivity contribution is 7.25. The highest BCUT2D eigenvalue weighted by Crippen LogP contribution is 2.11. The molecule has 0 radical (unpaired) electrons. The highest BCUT2D eigenvalue weighted by Gasteiger charge is 1.91. The molecule has 0 saturated carbocycles. The number of hydrogen-bond donors (Lipinski definition) is 0. The van der Waals surface area contributed by atoms with Gasteiger partial charge in [-0.15, -0.1) is 0 Å². The molecule has 0 aliphatic carbocycles. The summed E-state index contributed by atoms with van der Waals surface area (Å²) in [7, 11) is 1.12. The summed E-state index contributed by atoms with van der Waals surface area (Å²) in [6, 6.07) is 10.1. The van der Waals surface area contributed by atoms with Crippen LogP contribution in [0.1, 0.15) is 0 Å². The van der Waals surface area contributed by atoms with Crippen molar-refractivity contribution in [2.75, 3.05) is 0 Å². The molecule has 0 amide bonds. The number of rotatable bonds is 1. The third-order valence-corrected chi connectivity index (χ3v) is 2.23. The van der Waals surface area contributed by atoms with E-state index in [9.17, 15) is 0 Å². The summed E-state index contributed by atoms with van der Waals surface area (Å²) < 4.78 is 1.93. The van der Waals surface area contributed by atoms with Gasteiger partial charge >= 0.3 is 0 Å². The molecule has 0 saturated heterocycles. The van der Waals surface area contributed by atoms with Crippen LogP contribution in [-0.4, -0.2) is 9.54 Å². The van der Waals surface area contributed by atoms with Gasteiger partial charge in [-0.25, -0.2) is 4.44 Å². The van der Waals surface area contributed by atoms with Crippen LogP contribution >= 0.6 is 8.35 Å². The topological polar surface area (TPSA) is 17.8 Å². The minimum Gasteiger partial charge on any atom is -0.216 e. The van der Waals surface area contributed by atoms with Crippen LogP contribution in [0.2, 0.25) is 0 Å². The lowest BCUT2D eigenvalue weighted by molar-refractivity contribution is 0.957. The number of hydrogen-bond acceptors (Lipinski definition) is 1. The second-order valence-electron chi connectivity index (χ2n) is 2.15. The first kappa shape index (κ1) is 6.56. The predicted molar refractivity (Wildman–Crippen MR) is 46.1 cm³/mol. The maximum absolute atomic E-state index is 4.15. The predicted octanol–water partition coefficient (Wildman–Crippen LogP) is 2.45. The fourth-order valence-corrected chi connectivity index (χ4v) is 1.54. The summed E-state index contributed by atoms with van der Waals surface area (Å²) in [6.45, 7) is 0. The molecule has 2 nitrogen and oxygen atoms in total. The second kappa shape index (κ2) is 2.85. The van der Waals surface area contributed by atoms with Crippen molar-refractivity contribution in [3.8, 4) is 5.69 Å². The van der Waals surface area contributed by atoms with Crippen LogP contribution in [-0.2, 0) is 0 Å². The molecule has 0 aliphatic heterocycles. The Balaban J connectivity index is 2.46. The first-order valence-corrected chi connectivity index (χ1v) is 4.30. The zero-order valence-electron chi connectivity index (χ0n) is 5.88. The first-order chi connectivity index (χ1) is 5.47. The van der Waals surface area contributed by atoms with Crippen molar-refractivity contribution in [2.45, 2.75) is 0 Å². The SMILES string of the molecule is c1ccc(-n2nccp2)cc1. The van der Waals surface area contributed by atoms with Gasteiger partial charge in [-0.1, -0.05) is 18.2 Å². The van der Waals surface area contributed by atoms with Crippen molar-refractivity contribution in [2.24, 2.45) is 0 Å². The van der Waals surface area contributed by atoms with Gasteiger partial charge in [0.25, 0.3) is 0 Å². The van der Waals surface area contributed by atoms with Crippen LogP contribution in [0.25, 0.3) is 5.69 Å². The molecular weight excluding hydrogens is 155 g/mol. The Bertz CT molecular complexity index is 315. The van der Waals surface area contributed by atoms with Crippen LogP contribution in [0, 0.1) is 0 Å². The second-order valence-corrected chi connectivity index (χ2v) is 3.06.